The van der Waals surface area contributed by atoms with Crippen LogP contribution in [0.25, 0.3) is 0 Å². The first-order valence-electron chi connectivity index (χ1n) is 6.40. The van der Waals surface area contributed by atoms with E-state index in [9.17, 15) is 19.8 Å². The maximum atomic E-state index is 12.7. The summed E-state index contributed by atoms with van der Waals surface area (Å²) in [5, 5.41) is 19.6. The van der Waals surface area contributed by atoms with E-state index in [0.29, 0.717) is 0 Å². The van der Waals surface area contributed by atoms with Crippen LogP contribution in [0.4, 0.5) is 0 Å². The van der Waals surface area contributed by atoms with Crippen molar-refractivity contribution in [2.75, 3.05) is 14.2 Å². The summed E-state index contributed by atoms with van der Waals surface area (Å²) in [4.78, 5) is 25.2. The zero-order valence-electron chi connectivity index (χ0n) is 11.8. The molecule has 0 atom stereocenters. The van der Waals surface area contributed by atoms with Gasteiger partial charge in [0, 0.05) is 16.7 Å². The molecule has 0 saturated heterocycles. The molecule has 0 spiro atoms. The summed E-state index contributed by atoms with van der Waals surface area (Å²) in [6, 6.07) is 5.16. The van der Waals surface area contributed by atoms with E-state index in [1.807, 2.05) is 0 Å². The Morgan fingerprint density at radius 1 is 0.818 bits per heavy atom. The van der Waals surface area contributed by atoms with E-state index >= 15 is 0 Å². The molecule has 2 aromatic carbocycles. The zero-order chi connectivity index (χ0) is 16.0. The molecule has 0 bridgehead atoms. The number of phenols is 2. The molecule has 0 heterocycles. The van der Waals surface area contributed by atoms with Crippen LogP contribution in [0.15, 0.2) is 24.3 Å². The number of ether oxygens (including phenoxy) is 2. The van der Waals surface area contributed by atoms with Crippen LogP contribution in [0.1, 0.15) is 31.8 Å². The quantitative estimate of drug-likeness (QED) is 0.750. The first-order chi connectivity index (χ1) is 10.5. The van der Waals surface area contributed by atoms with E-state index in [1.165, 1.54) is 38.5 Å². The molecule has 6 nitrogen and oxygen atoms in total. The molecule has 1 aliphatic rings. The van der Waals surface area contributed by atoms with E-state index in [-0.39, 0.29) is 45.3 Å². The van der Waals surface area contributed by atoms with Gasteiger partial charge in [-0.3, -0.25) is 9.59 Å². The molecule has 3 rings (SSSR count). The summed E-state index contributed by atoms with van der Waals surface area (Å²) in [6.45, 7) is 0. The smallest absolute Gasteiger partial charge is 0.198 e. The van der Waals surface area contributed by atoms with Crippen molar-refractivity contribution in [1.82, 2.24) is 0 Å². The van der Waals surface area contributed by atoms with Crippen molar-refractivity contribution in [2.24, 2.45) is 0 Å². The number of fused-ring (bicyclic) bond motifs is 2. The number of hydrogen-bond donors (Lipinski definition) is 2. The van der Waals surface area contributed by atoms with Gasteiger partial charge in [-0.2, -0.15) is 0 Å². The van der Waals surface area contributed by atoms with Gasteiger partial charge in [-0.25, -0.2) is 0 Å². The molecule has 0 aromatic heterocycles. The third-order valence-electron chi connectivity index (χ3n) is 3.62. The van der Waals surface area contributed by atoms with Gasteiger partial charge in [-0.1, -0.05) is 0 Å². The fourth-order valence-electron chi connectivity index (χ4n) is 2.58. The van der Waals surface area contributed by atoms with Gasteiger partial charge in [0.2, 0.25) is 0 Å². The third kappa shape index (κ3) is 1.74. The van der Waals surface area contributed by atoms with Crippen molar-refractivity contribution < 1.29 is 29.3 Å². The van der Waals surface area contributed by atoms with Gasteiger partial charge in [0.25, 0.3) is 0 Å². The van der Waals surface area contributed by atoms with Crippen molar-refractivity contribution in [3.05, 3.63) is 46.5 Å². The molecule has 112 valence electrons. The van der Waals surface area contributed by atoms with Crippen molar-refractivity contribution >= 4 is 11.6 Å². The monoisotopic (exact) mass is 300 g/mol. The number of carbonyl (C=O) groups is 2. The minimum absolute atomic E-state index is 0.00717. The van der Waals surface area contributed by atoms with Gasteiger partial charge in [0.1, 0.15) is 0 Å². The van der Waals surface area contributed by atoms with E-state index in [1.54, 1.807) is 0 Å². The zero-order valence-corrected chi connectivity index (χ0v) is 11.8. The highest BCUT2D eigenvalue weighted by Crippen LogP contribution is 2.41. The average Bonchev–Trinajstić information content (AvgIpc) is 2.51. The summed E-state index contributed by atoms with van der Waals surface area (Å²) >= 11 is 0. The highest BCUT2D eigenvalue weighted by Gasteiger charge is 2.34. The molecule has 22 heavy (non-hydrogen) atoms. The molecule has 0 unspecified atom stereocenters. The molecule has 0 amide bonds. The molecular formula is C16H12O6. The lowest BCUT2D eigenvalue weighted by Crippen LogP contribution is -2.21. The summed E-state index contributed by atoms with van der Waals surface area (Å²) < 4.78 is 10.0. The summed E-state index contributed by atoms with van der Waals surface area (Å²) in [7, 11) is 2.65. The Balaban J connectivity index is 2.33. The van der Waals surface area contributed by atoms with Gasteiger partial charge in [-0.05, 0) is 24.3 Å². The highest BCUT2D eigenvalue weighted by molar-refractivity contribution is 6.29. The van der Waals surface area contributed by atoms with Crippen LogP contribution in [0.5, 0.6) is 23.0 Å². The lowest BCUT2D eigenvalue weighted by Gasteiger charge is -2.21. The Labute approximate surface area is 125 Å². The Bertz CT molecular complexity index is 822. The number of ketones is 2. The van der Waals surface area contributed by atoms with Crippen LogP contribution in [0.2, 0.25) is 0 Å². The van der Waals surface area contributed by atoms with Crippen LogP contribution < -0.4 is 9.47 Å². The normalized spacial score (nSPS) is 12.6. The van der Waals surface area contributed by atoms with Gasteiger partial charge >= 0.3 is 0 Å². The van der Waals surface area contributed by atoms with E-state index in [2.05, 4.69) is 0 Å². The number of aromatic hydroxyl groups is 2. The van der Waals surface area contributed by atoms with Gasteiger partial charge in [0.05, 0.1) is 19.8 Å². The number of methoxy groups -OCH3 is 2. The number of rotatable bonds is 2. The van der Waals surface area contributed by atoms with Gasteiger partial charge in [-0.15, -0.1) is 0 Å². The minimum atomic E-state index is -0.476. The van der Waals surface area contributed by atoms with Crippen LogP contribution in [0, 0.1) is 0 Å². The average molecular weight is 300 g/mol. The Hall–Kier alpha value is -3.02. The van der Waals surface area contributed by atoms with Crippen molar-refractivity contribution in [1.29, 1.82) is 0 Å². The fourth-order valence-corrected chi connectivity index (χ4v) is 2.58. The third-order valence-corrected chi connectivity index (χ3v) is 3.62. The molecule has 0 radical (unpaired) electrons. The molecular weight excluding hydrogens is 288 g/mol. The molecule has 2 N–H and O–H groups in total. The summed E-state index contributed by atoms with van der Waals surface area (Å²) in [6.07, 6.45) is 0. The second kappa shape index (κ2) is 4.77. The van der Waals surface area contributed by atoms with E-state index in [4.69, 9.17) is 9.47 Å². The highest BCUT2D eigenvalue weighted by atomic mass is 16.5. The summed E-state index contributed by atoms with van der Waals surface area (Å²) in [5.41, 5.74) is 0.309. The largest absolute Gasteiger partial charge is 0.504 e. The number of benzene rings is 2. The Morgan fingerprint density at radius 2 is 1.50 bits per heavy atom. The number of phenolic OH excluding ortho intramolecular Hbond substituents is 2. The summed E-state index contributed by atoms with van der Waals surface area (Å²) in [5.74, 6) is -1.32. The molecule has 1 aliphatic carbocycles. The SMILES string of the molecule is COc1cc2c(cc1O)C(=O)c1ccc(O)c(OC)c1C2=O. The topological polar surface area (TPSA) is 93.1 Å². The number of carbonyl (C=O) groups excluding carboxylic acids is 2. The van der Waals surface area contributed by atoms with Crippen molar-refractivity contribution in [3.63, 3.8) is 0 Å². The van der Waals surface area contributed by atoms with Gasteiger partial charge < -0.3 is 19.7 Å². The lowest BCUT2D eigenvalue weighted by atomic mass is 9.83. The van der Waals surface area contributed by atoms with Crippen molar-refractivity contribution in [3.8, 4) is 23.0 Å². The maximum Gasteiger partial charge on any atom is 0.198 e. The predicted molar refractivity (Wildman–Crippen MR) is 76.2 cm³/mol. The predicted octanol–water partition coefficient (Wildman–Crippen LogP) is 1.89. The minimum Gasteiger partial charge on any atom is -0.504 e. The standard InChI is InChI=1S/C16H12O6/c1-21-12-6-9-8(5-11(12)18)14(19)7-3-4-10(17)16(22-2)13(7)15(9)20/h3-6,17-18H,1-2H3. The van der Waals surface area contributed by atoms with Crippen molar-refractivity contribution in [2.45, 2.75) is 0 Å². The number of hydrogen-bond acceptors (Lipinski definition) is 6. The van der Waals surface area contributed by atoms with E-state index < -0.39 is 11.6 Å². The van der Waals surface area contributed by atoms with Crippen LogP contribution in [0.3, 0.4) is 0 Å². The second-order valence-corrected chi connectivity index (χ2v) is 4.77. The first-order valence-corrected chi connectivity index (χ1v) is 6.40. The van der Waals surface area contributed by atoms with Crippen LogP contribution >= 0.6 is 0 Å². The Morgan fingerprint density at radius 3 is 2.14 bits per heavy atom. The first kappa shape index (κ1) is 13.9. The van der Waals surface area contributed by atoms with Crippen LogP contribution in [-0.2, 0) is 0 Å². The Kier molecular flexibility index (Phi) is 3.02. The molecule has 6 heteroatoms. The molecule has 2 aromatic rings. The second-order valence-electron chi connectivity index (χ2n) is 4.77. The molecule has 0 saturated carbocycles. The molecule has 0 aliphatic heterocycles. The van der Waals surface area contributed by atoms with Gasteiger partial charge in [0.15, 0.2) is 34.6 Å². The molecule has 0 fully saturated rings. The fraction of sp³-hybridized carbons (Fsp3) is 0.125. The lowest BCUT2D eigenvalue weighted by molar-refractivity contribution is 0.0975. The van der Waals surface area contributed by atoms with Crippen LogP contribution in [-0.4, -0.2) is 36.0 Å². The maximum absolute atomic E-state index is 12.7. The van der Waals surface area contributed by atoms with E-state index in [0.717, 1.165) is 0 Å².